The molecule has 0 amide bonds. The van der Waals surface area contributed by atoms with Crippen LogP contribution in [0, 0.1) is 11.6 Å². The van der Waals surface area contributed by atoms with Gasteiger partial charge in [-0.15, -0.1) is 11.3 Å². The zero-order valence-corrected chi connectivity index (χ0v) is 15.9. The summed E-state index contributed by atoms with van der Waals surface area (Å²) in [4.78, 5) is 27.5. The van der Waals surface area contributed by atoms with E-state index in [-0.39, 0.29) is 17.8 Å². The highest BCUT2D eigenvalue weighted by Gasteiger charge is 2.15. The molecule has 2 aromatic carbocycles. The van der Waals surface area contributed by atoms with Gasteiger partial charge in [-0.1, -0.05) is 6.07 Å². The van der Waals surface area contributed by atoms with Crippen molar-refractivity contribution in [2.45, 2.75) is 6.54 Å². The maximum atomic E-state index is 13.8. The van der Waals surface area contributed by atoms with Crippen LogP contribution in [-0.2, 0) is 6.54 Å². The number of nitrogens with one attached hydrogen (secondary N) is 1. The fraction of sp³-hybridized carbons (Fsp3) is 0.0526. The number of aromatic carboxylic acids is 1. The second-order valence-corrected chi connectivity index (χ2v) is 7.02. The molecular weight excluding hydrogens is 416 g/mol. The van der Waals surface area contributed by atoms with Crippen molar-refractivity contribution in [2.24, 2.45) is 0 Å². The Morgan fingerprint density at radius 2 is 1.83 bits per heavy atom. The fourth-order valence-electron chi connectivity index (χ4n) is 2.78. The lowest BCUT2D eigenvalue weighted by molar-refractivity contribution is 0.0692. The highest BCUT2D eigenvalue weighted by molar-refractivity contribution is 7.14. The summed E-state index contributed by atoms with van der Waals surface area (Å²) < 4.78 is 29.9. The van der Waals surface area contributed by atoms with Crippen molar-refractivity contribution in [3.05, 3.63) is 87.7 Å². The Hall–Kier alpha value is -3.86. The van der Waals surface area contributed by atoms with Crippen molar-refractivity contribution in [1.29, 1.82) is 0 Å². The van der Waals surface area contributed by atoms with Gasteiger partial charge in [0.05, 0.1) is 17.7 Å². The molecular formula is C19H13F2N5O3S. The molecule has 0 saturated heterocycles. The molecule has 0 aliphatic heterocycles. The van der Waals surface area contributed by atoms with E-state index in [0.29, 0.717) is 16.4 Å². The molecule has 2 heterocycles. The van der Waals surface area contributed by atoms with Crippen LogP contribution in [0.1, 0.15) is 16.1 Å². The quantitative estimate of drug-likeness (QED) is 0.488. The number of rotatable bonds is 6. The maximum Gasteiger partial charge on any atom is 0.357 e. The minimum absolute atomic E-state index is 0.0839. The van der Waals surface area contributed by atoms with E-state index in [0.717, 1.165) is 32.7 Å². The first-order valence-corrected chi connectivity index (χ1v) is 9.43. The van der Waals surface area contributed by atoms with Crippen LogP contribution in [0.5, 0.6) is 0 Å². The zero-order chi connectivity index (χ0) is 21.3. The molecule has 0 aliphatic carbocycles. The molecule has 0 radical (unpaired) electrons. The number of aromatic nitrogens is 4. The summed E-state index contributed by atoms with van der Waals surface area (Å²) in [6, 6.07) is 9.99. The lowest BCUT2D eigenvalue weighted by atomic mass is 10.2. The summed E-state index contributed by atoms with van der Waals surface area (Å²) >= 11 is 1.15. The number of carboxylic acids is 1. The van der Waals surface area contributed by atoms with E-state index in [4.69, 9.17) is 5.11 Å². The van der Waals surface area contributed by atoms with Gasteiger partial charge in [-0.25, -0.2) is 23.4 Å². The Morgan fingerprint density at radius 3 is 2.50 bits per heavy atom. The highest BCUT2D eigenvalue weighted by atomic mass is 32.1. The summed E-state index contributed by atoms with van der Waals surface area (Å²) in [5, 5.41) is 16.4. The van der Waals surface area contributed by atoms with E-state index in [1.807, 2.05) is 0 Å². The summed E-state index contributed by atoms with van der Waals surface area (Å²) in [5.74, 6) is -2.62. The van der Waals surface area contributed by atoms with Gasteiger partial charge in [0.15, 0.2) is 5.69 Å². The van der Waals surface area contributed by atoms with Crippen LogP contribution < -0.4 is 11.0 Å². The van der Waals surface area contributed by atoms with Gasteiger partial charge in [0, 0.05) is 11.3 Å². The molecule has 0 fully saturated rings. The molecule has 0 atom stereocenters. The molecule has 2 aromatic heterocycles. The third-order valence-corrected chi connectivity index (χ3v) is 5.01. The smallest absolute Gasteiger partial charge is 0.357 e. The number of carboxylic acid groups (broad SMARTS) is 1. The summed E-state index contributed by atoms with van der Waals surface area (Å²) in [7, 11) is 0. The number of benzene rings is 2. The largest absolute Gasteiger partial charge is 0.476 e. The van der Waals surface area contributed by atoms with Gasteiger partial charge in [0.25, 0.3) is 0 Å². The maximum absolute atomic E-state index is 13.8. The minimum Gasteiger partial charge on any atom is -0.476 e. The molecule has 2 N–H and O–H groups in total. The number of halogens is 2. The third-order valence-electron chi connectivity index (χ3n) is 4.26. The fourth-order valence-corrected chi connectivity index (χ4v) is 3.47. The van der Waals surface area contributed by atoms with Gasteiger partial charge >= 0.3 is 11.7 Å². The Kier molecular flexibility index (Phi) is 5.11. The number of hydrogen-bond donors (Lipinski definition) is 2. The SMILES string of the molecule is O=C(O)c1ncsc1Nc1ccc(-n2ncn(Cc3c(F)cccc3F)c2=O)cc1. The van der Waals surface area contributed by atoms with E-state index >= 15 is 0 Å². The molecule has 0 saturated carbocycles. The van der Waals surface area contributed by atoms with E-state index in [2.05, 4.69) is 15.4 Å². The minimum atomic E-state index is -1.14. The average molecular weight is 429 g/mol. The van der Waals surface area contributed by atoms with Crippen molar-refractivity contribution < 1.29 is 18.7 Å². The zero-order valence-electron chi connectivity index (χ0n) is 15.1. The first-order chi connectivity index (χ1) is 14.4. The molecule has 0 bridgehead atoms. The van der Waals surface area contributed by atoms with Crippen molar-refractivity contribution >= 4 is 28.0 Å². The Labute approximate surface area is 171 Å². The molecule has 0 spiro atoms. The lowest BCUT2D eigenvalue weighted by Crippen LogP contribution is -2.24. The predicted molar refractivity (Wildman–Crippen MR) is 106 cm³/mol. The van der Waals surface area contributed by atoms with Crippen LogP contribution in [0.3, 0.4) is 0 Å². The highest BCUT2D eigenvalue weighted by Crippen LogP contribution is 2.25. The van der Waals surface area contributed by atoms with Crippen molar-refractivity contribution in [2.75, 3.05) is 5.32 Å². The standard InChI is InChI=1S/C19H13F2N5O3S/c20-14-2-1-3-15(21)13(14)8-25-9-23-26(19(25)29)12-6-4-11(5-7-12)24-17-16(18(27)28)22-10-30-17/h1-7,9-10,24H,8H2,(H,27,28). The molecule has 152 valence electrons. The topological polar surface area (TPSA) is 102 Å². The van der Waals surface area contributed by atoms with Crippen LogP contribution in [0.25, 0.3) is 5.69 Å². The summed E-state index contributed by atoms with van der Waals surface area (Å²) in [5.41, 5.74) is 1.57. The van der Waals surface area contributed by atoms with E-state index < -0.39 is 23.3 Å². The van der Waals surface area contributed by atoms with Crippen LogP contribution in [0.4, 0.5) is 19.5 Å². The Morgan fingerprint density at radius 1 is 1.13 bits per heavy atom. The summed E-state index contributed by atoms with van der Waals surface area (Å²) in [6.45, 7) is -0.291. The second kappa shape index (κ2) is 7.87. The van der Waals surface area contributed by atoms with Crippen LogP contribution >= 0.6 is 11.3 Å². The van der Waals surface area contributed by atoms with Gasteiger partial charge in [-0.05, 0) is 36.4 Å². The molecule has 4 rings (SSSR count). The third kappa shape index (κ3) is 3.70. The Balaban J connectivity index is 1.56. The molecule has 30 heavy (non-hydrogen) atoms. The number of anilines is 2. The molecule has 11 heteroatoms. The second-order valence-electron chi connectivity index (χ2n) is 6.16. The van der Waals surface area contributed by atoms with Crippen molar-refractivity contribution in [3.63, 3.8) is 0 Å². The van der Waals surface area contributed by atoms with E-state index in [1.165, 1.54) is 17.9 Å². The molecule has 4 aromatic rings. The van der Waals surface area contributed by atoms with Gasteiger partial charge in [0.2, 0.25) is 0 Å². The van der Waals surface area contributed by atoms with Crippen molar-refractivity contribution in [3.8, 4) is 5.69 Å². The van der Waals surface area contributed by atoms with E-state index in [9.17, 15) is 18.4 Å². The van der Waals surface area contributed by atoms with E-state index in [1.54, 1.807) is 24.3 Å². The van der Waals surface area contributed by atoms with Crippen LogP contribution in [0.2, 0.25) is 0 Å². The molecule has 8 nitrogen and oxygen atoms in total. The number of nitrogens with zero attached hydrogens (tertiary/aromatic N) is 4. The molecule has 0 aliphatic rings. The van der Waals surface area contributed by atoms with Crippen LogP contribution in [0.15, 0.2) is 59.1 Å². The normalized spacial score (nSPS) is 10.9. The predicted octanol–water partition coefficient (Wildman–Crippen LogP) is 3.26. The van der Waals surface area contributed by atoms with Gasteiger partial charge in [-0.3, -0.25) is 4.57 Å². The average Bonchev–Trinajstić information content (AvgIpc) is 3.32. The number of hydrogen-bond acceptors (Lipinski definition) is 6. The monoisotopic (exact) mass is 429 g/mol. The van der Waals surface area contributed by atoms with Crippen LogP contribution in [-0.4, -0.2) is 30.4 Å². The first kappa shape index (κ1) is 19.5. The number of carbonyl (C=O) groups is 1. The van der Waals surface area contributed by atoms with Gasteiger partial charge < -0.3 is 10.4 Å². The lowest BCUT2D eigenvalue weighted by Gasteiger charge is -2.06. The Bertz CT molecular complexity index is 1260. The van der Waals surface area contributed by atoms with Crippen molar-refractivity contribution in [1.82, 2.24) is 19.3 Å². The molecule has 0 unspecified atom stereocenters. The number of thiazole rings is 1. The first-order valence-electron chi connectivity index (χ1n) is 8.55. The van der Waals surface area contributed by atoms with Gasteiger partial charge in [-0.2, -0.15) is 9.78 Å². The summed E-state index contributed by atoms with van der Waals surface area (Å²) in [6.07, 6.45) is 1.21. The van der Waals surface area contributed by atoms with Gasteiger partial charge in [0.1, 0.15) is 23.0 Å².